The number of amides is 1. The molecule has 0 aliphatic rings. The van der Waals surface area contributed by atoms with Crippen LogP contribution in [0, 0.1) is 0 Å². The molecule has 3 rings (SSSR count). The van der Waals surface area contributed by atoms with Gasteiger partial charge in [-0.05, 0) is 29.8 Å². The van der Waals surface area contributed by atoms with E-state index >= 15 is 0 Å². The molecule has 0 bridgehead atoms. The third kappa shape index (κ3) is 3.82. The molecule has 0 aliphatic carbocycles. The predicted octanol–water partition coefficient (Wildman–Crippen LogP) is 4.90. The Hall–Kier alpha value is -2.01. The minimum atomic E-state index is -0.459. The minimum Gasteiger partial charge on any atom is -0.338 e. The summed E-state index contributed by atoms with van der Waals surface area (Å²) < 4.78 is 1.85. The maximum absolute atomic E-state index is 12.8. The van der Waals surface area contributed by atoms with Gasteiger partial charge in [-0.15, -0.1) is 0 Å². The van der Waals surface area contributed by atoms with Gasteiger partial charge < -0.3 is 9.88 Å². The van der Waals surface area contributed by atoms with E-state index < -0.39 is 6.04 Å². The lowest BCUT2D eigenvalue weighted by Gasteiger charge is -2.20. The molecule has 25 heavy (non-hydrogen) atoms. The maximum Gasteiger partial charge on any atom is 0.253 e. The summed E-state index contributed by atoms with van der Waals surface area (Å²) in [5.41, 5.74) is 1.16. The molecule has 1 atom stereocenters. The summed E-state index contributed by atoms with van der Waals surface area (Å²) in [6, 6.07) is 11.7. The van der Waals surface area contributed by atoms with E-state index in [1.807, 2.05) is 29.9 Å². The third-order valence-electron chi connectivity index (χ3n) is 3.79. The van der Waals surface area contributed by atoms with Crippen LogP contribution < -0.4 is 5.32 Å². The molecule has 128 valence electrons. The quantitative estimate of drug-likeness (QED) is 0.684. The number of carbonyl (C=O) groups is 1. The van der Waals surface area contributed by atoms with E-state index in [1.54, 1.807) is 36.5 Å². The molecular formula is C18H14Cl3N3O. The topological polar surface area (TPSA) is 46.9 Å². The Balaban J connectivity index is 1.98. The highest BCUT2D eigenvalue weighted by atomic mass is 35.5. The van der Waals surface area contributed by atoms with Crippen molar-refractivity contribution in [2.24, 2.45) is 7.05 Å². The average Bonchev–Trinajstić information content (AvgIpc) is 3.02. The van der Waals surface area contributed by atoms with Crippen molar-refractivity contribution in [3.05, 3.63) is 86.9 Å². The summed E-state index contributed by atoms with van der Waals surface area (Å²) in [7, 11) is 1.86. The van der Waals surface area contributed by atoms with Gasteiger partial charge in [-0.1, -0.05) is 53.0 Å². The Bertz CT molecular complexity index is 906. The van der Waals surface area contributed by atoms with Crippen LogP contribution in [0.25, 0.3) is 0 Å². The number of carbonyl (C=O) groups excluding carboxylic acids is 1. The zero-order chi connectivity index (χ0) is 18.0. The number of hydrogen-bond donors (Lipinski definition) is 1. The molecule has 0 saturated heterocycles. The molecule has 1 amide bonds. The van der Waals surface area contributed by atoms with Crippen LogP contribution >= 0.6 is 34.8 Å². The zero-order valence-electron chi connectivity index (χ0n) is 13.2. The molecule has 2 aromatic carbocycles. The molecule has 0 spiro atoms. The van der Waals surface area contributed by atoms with E-state index in [0.717, 1.165) is 5.56 Å². The monoisotopic (exact) mass is 393 g/mol. The van der Waals surface area contributed by atoms with E-state index in [9.17, 15) is 4.79 Å². The van der Waals surface area contributed by atoms with Crippen LogP contribution in [0.1, 0.15) is 27.8 Å². The van der Waals surface area contributed by atoms with E-state index in [1.165, 1.54) is 0 Å². The first-order valence-electron chi connectivity index (χ1n) is 7.45. The number of nitrogens with zero attached hydrogens (tertiary/aromatic N) is 2. The van der Waals surface area contributed by atoms with Gasteiger partial charge in [0.15, 0.2) is 0 Å². The van der Waals surface area contributed by atoms with Gasteiger partial charge in [0.2, 0.25) is 0 Å². The van der Waals surface area contributed by atoms with Crippen molar-refractivity contribution < 1.29 is 4.79 Å². The van der Waals surface area contributed by atoms with Gasteiger partial charge in [-0.25, -0.2) is 4.98 Å². The fourth-order valence-electron chi connectivity index (χ4n) is 2.50. The number of rotatable bonds is 4. The summed E-state index contributed by atoms with van der Waals surface area (Å²) >= 11 is 18.1. The number of imidazole rings is 1. The van der Waals surface area contributed by atoms with Gasteiger partial charge in [0.25, 0.3) is 5.91 Å². The second-order valence-corrected chi connectivity index (χ2v) is 6.68. The van der Waals surface area contributed by atoms with E-state index in [4.69, 9.17) is 34.8 Å². The number of aromatic nitrogens is 2. The predicted molar refractivity (Wildman–Crippen MR) is 100 cm³/mol. The lowest BCUT2D eigenvalue weighted by molar-refractivity contribution is 0.0941. The first kappa shape index (κ1) is 17.8. The highest BCUT2D eigenvalue weighted by molar-refractivity contribution is 6.43. The highest BCUT2D eigenvalue weighted by Gasteiger charge is 2.23. The van der Waals surface area contributed by atoms with Crippen molar-refractivity contribution in [1.29, 1.82) is 0 Å². The number of hydrogen-bond acceptors (Lipinski definition) is 2. The van der Waals surface area contributed by atoms with Gasteiger partial charge in [0, 0.05) is 24.5 Å². The summed E-state index contributed by atoms with van der Waals surface area (Å²) in [6.07, 6.45) is 3.49. The van der Waals surface area contributed by atoms with Crippen molar-refractivity contribution in [2.75, 3.05) is 0 Å². The van der Waals surface area contributed by atoms with E-state index in [2.05, 4.69) is 10.3 Å². The number of nitrogens with one attached hydrogen (secondary N) is 1. The Morgan fingerprint density at radius 1 is 1.12 bits per heavy atom. The SMILES string of the molecule is Cn1ccnc1[C@H](NC(=O)c1cccc(Cl)c1Cl)c1ccc(Cl)cc1. The average molecular weight is 395 g/mol. The van der Waals surface area contributed by atoms with Gasteiger partial charge in [-0.3, -0.25) is 4.79 Å². The molecular weight excluding hydrogens is 381 g/mol. The van der Waals surface area contributed by atoms with Crippen molar-refractivity contribution >= 4 is 40.7 Å². The smallest absolute Gasteiger partial charge is 0.253 e. The van der Waals surface area contributed by atoms with Gasteiger partial charge in [0.05, 0.1) is 15.6 Å². The lowest BCUT2D eigenvalue weighted by Crippen LogP contribution is -2.31. The van der Waals surface area contributed by atoms with Crippen molar-refractivity contribution in [3.63, 3.8) is 0 Å². The van der Waals surface area contributed by atoms with Gasteiger partial charge in [-0.2, -0.15) is 0 Å². The maximum atomic E-state index is 12.8. The fraction of sp³-hybridized carbons (Fsp3) is 0.111. The molecule has 0 radical (unpaired) electrons. The highest BCUT2D eigenvalue weighted by Crippen LogP contribution is 2.27. The van der Waals surface area contributed by atoms with Gasteiger partial charge in [0.1, 0.15) is 11.9 Å². The Kier molecular flexibility index (Phi) is 5.33. The zero-order valence-corrected chi connectivity index (χ0v) is 15.5. The largest absolute Gasteiger partial charge is 0.338 e. The molecule has 7 heteroatoms. The first-order valence-corrected chi connectivity index (χ1v) is 8.58. The lowest BCUT2D eigenvalue weighted by atomic mass is 10.1. The molecule has 1 aromatic heterocycles. The third-order valence-corrected chi connectivity index (χ3v) is 4.86. The molecule has 0 aliphatic heterocycles. The van der Waals surface area contributed by atoms with Gasteiger partial charge >= 0.3 is 0 Å². The van der Waals surface area contributed by atoms with Crippen molar-refractivity contribution in [1.82, 2.24) is 14.9 Å². The second kappa shape index (κ2) is 7.48. The summed E-state index contributed by atoms with van der Waals surface area (Å²) in [6.45, 7) is 0. The minimum absolute atomic E-state index is 0.219. The van der Waals surface area contributed by atoms with Crippen LogP contribution in [0.3, 0.4) is 0 Å². The van der Waals surface area contributed by atoms with Crippen LogP contribution in [0.4, 0.5) is 0 Å². The fourth-order valence-corrected chi connectivity index (χ4v) is 3.01. The van der Waals surface area contributed by atoms with Crippen LogP contribution in [-0.2, 0) is 7.05 Å². The van der Waals surface area contributed by atoms with Crippen LogP contribution in [-0.4, -0.2) is 15.5 Å². The summed E-state index contributed by atoms with van der Waals surface area (Å²) in [5.74, 6) is 0.351. The molecule has 3 aromatic rings. The number of aryl methyl sites for hydroxylation is 1. The van der Waals surface area contributed by atoms with Crippen molar-refractivity contribution in [2.45, 2.75) is 6.04 Å². The first-order chi connectivity index (χ1) is 12.0. The summed E-state index contributed by atoms with van der Waals surface area (Å²) in [4.78, 5) is 17.1. The Morgan fingerprint density at radius 2 is 1.84 bits per heavy atom. The Labute approximate surface area is 160 Å². The molecule has 1 N–H and O–H groups in total. The number of benzene rings is 2. The Morgan fingerprint density at radius 3 is 2.48 bits per heavy atom. The van der Waals surface area contributed by atoms with Crippen LogP contribution in [0.2, 0.25) is 15.1 Å². The number of halogens is 3. The summed E-state index contributed by atoms with van der Waals surface area (Å²) in [5, 5.41) is 4.14. The van der Waals surface area contributed by atoms with Crippen LogP contribution in [0.15, 0.2) is 54.9 Å². The molecule has 4 nitrogen and oxygen atoms in total. The van der Waals surface area contributed by atoms with E-state index in [-0.39, 0.29) is 10.9 Å². The van der Waals surface area contributed by atoms with Crippen LogP contribution in [0.5, 0.6) is 0 Å². The molecule has 0 unspecified atom stereocenters. The molecule has 1 heterocycles. The normalized spacial score (nSPS) is 12.0. The molecule has 0 saturated carbocycles. The van der Waals surface area contributed by atoms with Crippen molar-refractivity contribution in [3.8, 4) is 0 Å². The van der Waals surface area contributed by atoms with E-state index in [0.29, 0.717) is 21.4 Å². The molecule has 0 fully saturated rings. The second-order valence-electron chi connectivity index (χ2n) is 5.46. The standard InChI is InChI=1S/C18H14Cl3N3O/c1-24-10-9-22-17(24)16(11-5-7-12(19)8-6-11)23-18(25)13-3-2-4-14(20)15(13)21/h2-10,16H,1H3,(H,23,25)/t16-/m1/s1.